The van der Waals surface area contributed by atoms with Crippen LogP contribution in [0.25, 0.3) is 0 Å². The number of benzene rings is 2. The minimum atomic E-state index is -0.0293. The lowest BCUT2D eigenvalue weighted by atomic mass is 10.2. The highest BCUT2D eigenvalue weighted by molar-refractivity contribution is 9.10. The summed E-state index contributed by atoms with van der Waals surface area (Å²) < 4.78 is 7.47. The average molecular weight is 370 g/mol. The van der Waals surface area contributed by atoms with Crippen LogP contribution < -0.4 is 10.5 Å². The van der Waals surface area contributed by atoms with E-state index in [-0.39, 0.29) is 5.84 Å². The van der Waals surface area contributed by atoms with Crippen LogP contribution in [0, 0.1) is 5.41 Å². The monoisotopic (exact) mass is 368 g/mol. The summed E-state index contributed by atoms with van der Waals surface area (Å²) in [4.78, 5) is 0. The number of nitrogen functional groups attached to an aromatic ring is 1. The van der Waals surface area contributed by atoms with E-state index in [1.807, 2.05) is 30.3 Å². The van der Waals surface area contributed by atoms with E-state index in [2.05, 4.69) is 31.9 Å². The van der Waals surface area contributed by atoms with Crippen molar-refractivity contribution in [1.29, 1.82) is 5.41 Å². The number of nitrogens with two attached hydrogens (primary N) is 1. The van der Waals surface area contributed by atoms with E-state index < -0.39 is 0 Å². The van der Waals surface area contributed by atoms with Crippen LogP contribution in [0.4, 0.5) is 0 Å². The fourth-order valence-corrected chi connectivity index (χ4v) is 2.17. The zero-order valence-electron chi connectivity index (χ0n) is 9.28. The number of ether oxygens (including phenoxy) is 1. The topological polar surface area (TPSA) is 59.1 Å². The maximum Gasteiger partial charge on any atom is 0.141 e. The maximum absolute atomic E-state index is 7.56. The minimum Gasteiger partial charge on any atom is -0.455 e. The molecule has 0 unspecified atom stereocenters. The predicted octanol–water partition coefficient (Wildman–Crippen LogP) is 4.29. The molecule has 0 aliphatic rings. The summed E-state index contributed by atoms with van der Waals surface area (Å²) in [5.74, 6) is 1.21. The molecule has 0 amide bonds. The smallest absolute Gasteiger partial charge is 0.141 e. The molecular formula is C13H10Br2N2O. The SMILES string of the molecule is N=C(N)c1cc(Br)ccc1Oc1ccccc1Br. The molecule has 0 spiro atoms. The second-order valence-corrected chi connectivity index (χ2v) is 5.36. The number of halogens is 2. The molecule has 0 fully saturated rings. The van der Waals surface area contributed by atoms with Crippen LogP contribution in [-0.2, 0) is 0 Å². The first-order valence-electron chi connectivity index (χ1n) is 5.14. The van der Waals surface area contributed by atoms with Crippen molar-refractivity contribution in [3.05, 3.63) is 57.0 Å². The van der Waals surface area contributed by atoms with Gasteiger partial charge in [-0.25, -0.2) is 0 Å². The highest BCUT2D eigenvalue weighted by Crippen LogP contribution is 2.32. The Morgan fingerprint density at radius 3 is 2.44 bits per heavy atom. The van der Waals surface area contributed by atoms with Crippen molar-refractivity contribution in [1.82, 2.24) is 0 Å². The van der Waals surface area contributed by atoms with Crippen molar-refractivity contribution in [2.24, 2.45) is 5.73 Å². The summed E-state index contributed by atoms with van der Waals surface area (Å²) in [5, 5.41) is 7.56. The summed E-state index contributed by atoms with van der Waals surface area (Å²) in [6.07, 6.45) is 0. The summed E-state index contributed by atoms with van der Waals surface area (Å²) in [7, 11) is 0. The van der Waals surface area contributed by atoms with Gasteiger partial charge in [-0.1, -0.05) is 28.1 Å². The summed E-state index contributed by atoms with van der Waals surface area (Å²) in [5.41, 5.74) is 6.10. The van der Waals surface area contributed by atoms with Gasteiger partial charge in [0.05, 0.1) is 10.0 Å². The van der Waals surface area contributed by atoms with E-state index in [1.165, 1.54) is 0 Å². The van der Waals surface area contributed by atoms with Gasteiger partial charge in [0.2, 0.25) is 0 Å². The third-order valence-electron chi connectivity index (χ3n) is 2.29. The first kappa shape index (κ1) is 13.1. The Bertz CT molecular complexity index is 599. The van der Waals surface area contributed by atoms with E-state index in [9.17, 15) is 0 Å². The molecule has 0 bridgehead atoms. The van der Waals surface area contributed by atoms with Gasteiger partial charge in [0.25, 0.3) is 0 Å². The van der Waals surface area contributed by atoms with Crippen molar-refractivity contribution >= 4 is 37.7 Å². The van der Waals surface area contributed by atoms with Crippen molar-refractivity contribution in [3.63, 3.8) is 0 Å². The van der Waals surface area contributed by atoms with Crippen LogP contribution >= 0.6 is 31.9 Å². The van der Waals surface area contributed by atoms with Gasteiger partial charge in [0, 0.05) is 4.47 Å². The lowest BCUT2D eigenvalue weighted by Crippen LogP contribution is -2.12. The predicted molar refractivity (Wildman–Crippen MR) is 79.4 cm³/mol. The Morgan fingerprint density at radius 1 is 1.06 bits per heavy atom. The molecule has 0 heterocycles. The molecule has 0 aliphatic carbocycles. The van der Waals surface area contributed by atoms with Gasteiger partial charge in [0.1, 0.15) is 17.3 Å². The average Bonchev–Trinajstić information content (AvgIpc) is 2.34. The van der Waals surface area contributed by atoms with Gasteiger partial charge >= 0.3 is 0 Å². The highest BCUT2D eigenvalue weighted by Gasteiger charge is 2.09. The molecule has 18 heavy (non-hydrogen) atoms. The van der Waals surface area contributed by atoms with E-state index in [0.29, 0.717) is 17.1 Å². The van der Waals surface area contributed by atoms with Crippen LogP contribution in [-0.4, -0.2) is 5.84 Å². The molecule has 0 aliphatic heterocycles. The van der Waals surface area contributed by atoms with Crippen LogP contribution in [0.3, 0.4) is 0 Å². The molecule has 2 rings (SSSR count). The molecule has 3 N–H and O–H groups in total. The van der Waals surface area contributed by atoms with Crippen LogP contribution in [0.2, 0.25) is 0 Å². The van der Waals surface area contributed by atoms with E-state index in [0.717, 1.165) is 8.95 Å². The lowest BCUT2D eigenvalue weighted by Gasteiger charge is -2.11. The molecule has 92 valence electrons. The summed E-state index contributed by atoms with van der Waals surface area (Å²) >= 11 is 6.76. The molecule has 0 atom stereocenters. The largest absolute Gasteiger partial charge is 0.455 e. The lowest BCUT2D eigenvalue weighted by molar-refractivity contribution is 0.478. The Hall–Kier alpha value is -1.33. The van der Waals surface area contributed by atoms with Crippen molar-refractivity contribution in [2.45, 2.75) is 0 Å². The van der Waals surface area contributed by atoms with Gasteiger partial charge in [-0.3, -0.25) is 5.41 Å². The van der Waals surface area contributed by atoms with Gasteiger partial charge in [-0.15, -0.1) is 0 Å². The second kappa shape index (κ2) is 5.54. The Labute approximate surface area is 122 Å². The van der Waals surface area contributed by atoms with Gasteiger partial charge < -0.3 is 10.5 Å². The normalized spacial score (nSPS) is 10.1. The minimum absolute atomic E-state index is 0.0293. The molecule has 0 saturated carbocycles. The Balaban J connectivity index is 2.41. The van der Waals surface area contributed by atoms with Gasteiger partial charge in [-0.2, -0.15) is 0 Å². The molecule has 0 radical (unpaired) electrons. The second-order valence-electron chi connectivity index (χ2n) is 3.59. The van der Waals surface area contributed by atoms with Crippen LogP contribution in [0.5, 0.6) is 11.5 Å². The fourth-order valence-electron chi connectivity index (χ4n) is 1.45. The van der Waals surface area contributed by atoms with Crippen LogP contribution in [0.1, 0.15) is 5.56 Å². The quantitative estimate of drug-likeness (QED) is 0.626. The number of rotatable bonds is 3. The van der Waals surface area contributed by atoms with Crippen LogP contribution in [0.15, 0.2) is 51.4 Å². The molecule has 2 aromatic rings. The van der Waals surface area contributed by atoms with E-state index in [4.69, 9.17) is 15.9 Å². The highest BCUT2D eigenvalue weighted by atomic mass is 79.9. The fraction of sp³-hybridized carbons (Fsp3) is 0. The summed E-state index contributed by atoms with van der Waals surface area (Å²) in [6.45, 7) is 0. The molecule has 3 nitrogen and oxygen atoms in total. The maximum atomic E-state index is 7.56. The van der Waals surface area contributed by atoms with Gasteiger partial charge in [0.15, 0.2) is 0 Å². The zero-order valence-corrected chi connectivity index (χ0v) is 12.5. The third-order valence-corrected chi connectivity index (χ3v) is 3.44. The first-order chi connectivity index (χ1) is 8.58. The third kappa shape index (κ3) is 2.91. The molecular weight excluding hydrogens is 360 g/mol. The van der Waals surface area contributed by atoms with Gasteiger partial charge in [-0.05, 0) is 46.3 Å². The molecule has 5 heteroatoms. The van der Waals surface area contributed by atoms with E-state index in [1.54, 1.807) is 12.1 Å². The molecule has 2 aromatic carbocycles. The Kier molecular flexibility index (Phi) is 4.04. The molecule has 0 aromatic heterocycles. The zero-order chi connectivity index (χ0) is 13.1. The van der Waals surface area contributed by atoms with Crippen molar-refractivity contribution in [2.75, 3.05) is 0 Å². The number of hydrogen-bond acceptors (Lipinski definition) is 2. The number of para-hydroxylation sites is 1. The number of amidine groups is 1. The number of nitrogens with one attached hydrogen (secondary N) is 1. The van der Waals surface area contributed by atoms with Crippen molar-refractivity contribution in [3.8, 4) is 11.5 Å². The van der Waals surface area contributed by atoms with E-state index >= 15 is 0 Å². The molecule has 0 saturated heterocycles. The standard InChI is InChI=1S/C13H10Br2N2O/c14-8-5-6-11(9(7-8)13(16)17)18-12-4-2-1-3-10(12)15/h1-7H,(H3,16,17). The number of hydrogen-bond donors (Lipinski definition) is 2. The Morgan fingerprint density at radius 2 is 1.78 bits per heavy atom. The van der Waals surface area contributed by atoms with Crippen molar-refractivity contribution < 1.29 is 4.74 Å². The summed E-state index contributed by atoms with van der Waals surface area (Å²) in [6, 6.07) is 12.9. The first-order valence-corrected chi connectivity index (χ1v) is 6.73.